The zero-order valence-electron chi connectivity index (χ0n) is 20.3. The third-order valence-corrected chi connectivity index (χ3v) is 5.99. The monoisotopic (exact) mass is 490 g/mol. The molecule has 1 amide bonds. The summed E-state index contributed by atoms with van der Waals surface area (Å²) in [6.07, 6.45) is 3.22. The van der Waals surface area contributed by atoms with Crippen LogP contribution in [0, 0.1) is 0 Å². The maximum Gasteiger partial charge on any atom is 0.295 e. The van der Waals surface area contributed by atoms with Crippen molar-refractivity contribution in [1.29, 1.82) is 0 Å². The highest BCUT2D eigenvalue weighted by Crippen LogP contribution is 2.46. The summed E-state index contributed by atoms with van der Waals surface area (Å²) < 4.78 is 21.7. The van der Waals surface area contributed by atoms with Gasteiger partial charge in [0.2, 0.25) is 5.75 Å². The number of nitrogens with zero attached hydrogens (tertiary/aromatic N) is 2. The summed E-state index contributed by atoms with van der Waals surface area (Å²) in [7, 11) is 5.94. The van der Waals surface area contributed by atoms with Crippen LogP contribution in [0.2, 0.25) is 0 Å². The first-order valence-electron chi connectivity index (χ1n) is 11.0. The molecule has 1 aromatic heterocycles. The number of ether oxygens (including phenoxy) is 4. The van der Waals surface area contributed by atoms with Crippen LogP contribution in [0.4, 0.5) is 0 Å². The molecular formula is C27H26N2O7. The van der Waals surface area contributed by atoms with Crippen LogP contribution >= 0.6 is 0 Å². The van der Waals surface area contributed by atoms with Gasteiger partial charge in [-0.05, 0) is 47.5 Å². The number of Topliss-reactive ketones (excluding diaryl/α,β-unsaturated/α-hetero) is 1. The first kappa shape index (κ1) is 24.6. The fraction of sp³-hybridized carbons (Fsp3) is 0.222. The largest absolute Gasteiger partial charge is 0.507 e. The molecule has 1 atom stereocenters. The Labute approximate surface area is 208 Å². The normalized spacial score (nSPS) is 16.7. The molecule has 0 unspecified atom stereocenters. The molecule has 0 radical (unpaired) electrons. The number of aliphatic hydroxyl groups is 1. The van der Waals surface area contributed by atoms with Crippen molar-refractivity contribution in [2.24, 2.45) is 0 Å². The van der Waals surface area contributed by atoms with Crippen LogP contribution in [-0.4, -0.2) is 55.1 Å². The van der Waals surface area contributed by atoms with Gasteiger partial charge in [-0.2, -0.15) is 0 Å². The van der Waals surface area contributed by atoms with Crippen molar-refractivity contribution in [3.63, 3.8) is 0 Å². The molecule has 1 N–H and O–H groups in total. The summed E-state index contributed by atoms with van der Waals surface area (Å²) in [6, 6.07) is 12.6. The quantitative estimate of drug-likeness (QED) is 0.289. The third-order valence-electron chi connectivity index (χ3n) is 5.99. The highest BCUT2D eigenvalue weighted by Gasteiger charge is 2.46. The number of hydrogen-bond donors (Lipinski definition) is 1. The first-order valence-corrected chi connectivity index (χ1v) is 11.0. The van der Waals surface area contributed by atoms with Gasteiger partial charge in [-0.25, -0.2) is 0 Å². The minimum atomic E-state index is -0.932. The standard InChI is InChI=1S/C27H26N2O7/c1-33-19-7-5-6-17(12-19)24(30)22-23(18-13-20(34-2)26(36-4)21(14-18)35-3)29(27(32)25(22)31)15-16-8-10-28-11-9-16/h5-14,23,30H,15H2,1-4H3/t23-/m1/s1. The Bertz CT molecular complexity index is 1300. The molecule has 1 aliphatic rings. The van der Waals surface area contributed by atoms with Gasteiger partial charge in [0.05, 0.1) is 40.1 Å². The number of methoxy groups -OCH3 is 4. The van der Waals surface area contributed by atoms with Crippen molar-refractivity contribution >= 4 is 17.4 Å². The lowest BCUT2D eigenvalue weighted by atomic mass is 9.94. The van der Waals surface area contributed by atoms with Gasteiger partial charge < -0.3 is 29.0 Å². The molecule has 9 nitrogen and oxygen atoms in total. The Kier molecular flexibility index (Phi) is 7.10. The van der Waals surface area contributed by atoms with Crippen LogP contribution in [-0.2, 0) is 16.1 Å². The lowest BCUT2D eigenvalue weighted by Crippen LogP contribution is -2.29. The van der Waals surface area contributed by atoms with Crippen LogP contribution in [0.25, 0.3) is 5.76 Å². The van der Waals surface area contributed by atoms with Crippen molar-refractivity contribution in [3.05, 3.63) is 83.2 Å². The maximum atomic E-state index is 13.4. The number of hydrogen-bond acceptors (Lipinski definition) is 8. The number of ketones is 1. The molecule has 9 heteroatoms. The summed E-state index contributed by atoms with van der Waals surface area (Å²) in [4.78, 5) is 32.1. The molecule has 4 rings (SSSR count). The molecule has 0 spiro atoms. The van der Waals surface area contributed by atoms with E-state index in [1.54, 1.807) is 60.9 Å². The number of aromatic nitrogens is 1. The maximum absolute atomic E-state index is 13.4. The van der Waals surface area contributed by atoms with Crippen LogP contribution in [0.5, 0.6) is 23.0 Å². The third kappa shape index (κ3) is 4.43. The number of rotatable bonds is 8. The topological polar surface area (TPSA) is 107 Å². The number of aliphatic hydroxyl groups excluding tert-OH is 1. The fourth-order valence-electron chi connectivity index (χ4n) is 4.26. The molecule has 1 saturated heterocycles. The molecule has 1 fully saturated rings. The van der Waals surface area contributed by atoms with Crippen LogP contribution in [0.3, 0.4) is 0 Å². The fourth-order valence-corrected chi connectivity index (χ4v) is 4.26. The predicted octanol–water partition coefficient (Wildman–Crippen LogP) is 3.74. The van der Waals surface area contributed by atoms with E-state index in [4.69, 9.17) is 18.9 Å². The van der Waals surface area contributed by atoms with E-state index in [-0.39, 0.29) is 17.9 Å². The summed E-state index contributed by atoms with van der Waals surface area (Å²) in [5.41, 5.74) is 1.55. The number of pyridine rings is 1. The summed E-state index contributed by atoms with van der Waals surface area (Å²) >= 11 is 0. The second-order valence-electron chi connectivity index (χ2n) is 7.97. The molecular weight excluding hydrogens is 464 g/mol. The van der Waals surface area contributed by atoms with Crippen molar-refractivity contribution in [2.75, 3.05) is 28.4 Å². The predicted molar refractivity (Wildman–Crippen MR) is 131 cm³/mol. The van der Waals surface area contributed by atoms with Gasteiger partial charge in [-0.1, -0.05) is 12.1 Å². The Morgan fingerprint density at radius 2 is 1.58 bits per heavy atom. The van der Waals surface area contributed by atoms with E-state index in [2.05, 4.69) is 4.98 Å². The second kappa shape index (κ2) is 10.4. The smallest absolute Gasteiger partial charge is 0.295 e. The van der Waals surface area contributed by atoms with E-state index in [0.717, 1.165) is 5.56 Å². The minimum absolute atomic E-state index is 0.0587. The molecule has 186 valence electrons. The number of amides is 1. The van der Waals surface area contributed by atoms with Crippen molar-refractivity contribution < 1.29 is 33.6 Å². The highest BCUT2D eigenvalue weighted by molar-refractivity contribution is 6.46. The SMILES string of the molecule is COc1cccc(C(O)=C2C(=O)C(=O)N(Cc3ccncc3)[C@@H]2c2cc(OC)c(OC)c(OC)c2)c1. The van der Waals surface area contributed by atoms with Crippen molar-refractivity contribution in [3.8, 4) is 23.0 Å². The lowest BCUT2D eigenvalue weighted by Gasteiger charge is -2.26. The average Bonchev–Trinajstić information content (AvgIpc) is 3.17. The number of carbonyl (C=O) groups is 2. The van der Waals surface area contributed by atoms with Crippen LogP contribution in [0.1, 0.15) is 22.7 Å². The van der Waals surface area contributed by atoms with E-state index in [9.17, 15) is 14.7 Å². The molecule has 1 aliphatic heterocycles. The highest BCUT2D eigenvalue weighted by atomic mass is 16.5. The van der Waals surface area contributed by atoms with Gasteiger partial charge in [-0.15, -0.1) is 0 Å². The molecule has 36 heavy (non-hydrogen) atoms. The average molecular weight is 491 g/mol. The number of benzene rings is 2. The van der Waals surface area contributed by atoms with Crippen LogP contribution in [0.15, 0.2) is 66.5 Å². The van der Waals surface area contributed by atoms with Gasteiger partial charge in [0, 0.05) is 24.5 Å². The summed E-state index contributed by atoms with van der Waals surface area (Å²) in [5, 5.41) is 11.3. The van der Waals surface area contributed by atoms with Gasteiger partial charge >= 0.3 is 0 Å². The summed E-state index contributed by atoms with van der Waals surface area (Å²) in [6.45, 7) is 0.114. The van der Waals surface area contributed by atoms with Gasteiger partial charge in [0.25, 0.3) is 11.7 Å². The molecule has 0 saturated carbocycles. The Morgan fingerprint density at radius 3 is 2.17 bits per heavy atom. The molecule has 0 bridgehead atoms. The zero-order valence-corrected chi connectivity index (χ0v) is 20.3. The Hall–Kier alpha value is -4.53. The van der Waals surface area contributed by atoms with E-state index in [1.165, 1.54) is 33.3 Å². The molecule has 2 aromatic carbocycles. The van der Waals surface area contributed by atoms with E-state index in [0.29, 0.717) is 34.1 Å². The van der Waals surface area contributed by atoms with Gasteiger partial charge in [-0.3, -0.25) is 14.6 Å². The number of likely N-dealkylation sites (tertiary alicyclic amines) is 1. The van der Waals surface area contributed by atoms with Gasteiger partial charge in [0.15, 0.2) is 11.5 Å². The summed E-state index contributed by atoms with van der Waals surface area (Å²) in [5.74, 6) is -0.302. The minimum Gasteiger partial charge on any atom is -0.507 e. The molecule has 0 aliphatic carbocycles. The van der Waals surface area contributed by atoms with E-state index < -0.39 is 17.7 Å². The zero-order chi connectivity index (χ0) is 25.8. The Balaban J connectivity index is 1.95. The van der Waals surface area contributed by atoms with Crippen molar-refractivity contribution in [2.45, 2.75) is 12.6 Å². The second-order valence-corrected chi connectivity index (χ2v) is 7.97. The lowest BCUT2D eigenvalue weighted by molar-refractivity contribution is -0.140. The van der Waals surface area contributed by atoms with E-state index in [1.807, 2.05) is 0 Å². The van der Waals surface area contributed by atoms with Gasteiger partial charge in [0.1, 0.15) is 11.5 Å². The Morgan fingerprint density at radius 1 is 0.917 bits per heavy atom. The van der Waals surface area contributed by atoms with E-state index >= 15 is 0 Å². The molecule has 3 aromatic rings. The van der Waals surface area contributed by atoms with Crippen molar-refractivity contribution in [1.82, 2.24) is 9.88 Å². The first-order chi connectivity index (χ1) is 17.4. The van der Waals surface area contributed by atoms with Crippen LogP contribution < -0.4 is 18.9 Å². The number of carbonyl (C=O) groups excluding carboxylic acids is 2. The molecule has 2 heterocycles.